The van der Waals surface area contributed by atoms with E-state index in [0.29, 0.717) is 12.2 Å². The van der Waals surface area contributed by atoms with Crippen LogP contribution in [0.2, 0.25) is 0 Å². The van der Waals surface area contributed by atoms with Gasteiger partial charge in [-0.15, -0.1) is 0 Å². The van der Waals surface area contributed by atoms with Crippen molar-refractivity contribution in [1.29, 1.82) is 0 Å². The predicted octanol–water partition coefficient (Wildman–Crippen LogP) is 1.34. The zero-order valence-electron chi connectivity index (χ0n) is 11.6. The number of carbonyl (C=O) groups is 2. The Hall–Kier alpha value is -1.60. The molecule has 0 saturated heterocycles. The lowest BCUT2D eigenvalue weighted by Crippen LogP contribution is -2.41. The molecule has 21 heavy (non-hydrogen) atoms. The van der Waals surface area contributed by atoms with Gasteiger partial charge in [-0.05, 0) is 40.0 Å². The molecule has 0 aliphatic heterocycles. The highest BCUT2D eigenvalue weighted by Crippen LogP contribution is 2.25. The normalized spacial score (nSPS) is 11.8. The summed E-state index contributed by atoms with van der Waals surface area (Å²) >= 11 is 3.36. The van der Waals surface area contributed by atoms with Crippen LogP contribution in [0.3, 0.4) is 0 Å². The summed E-state index contributed by atoms with van der Waals surface area (Å²) in [6.45, 7) is -0.289. The highest BCUT2D eigenvalue weighted by atomic mass is 79.9. The monoisotopic (exact) mass is 359 g/mol. The molecule has 0 saturated carbocycles. The molecule has 0 spiro atoms. The van der Waals surface area contributed by atoms with E-state index < -0.39 is 12.0 Å². The minimum Gasteiger partial charge on any atom is -0.496 e. The Morgan fingerprint density at radius 1 is 1.43 bits per heavy atom. The molecule has 1 aromatic rings. The molecule has 1 amide bonds. The Bertz CT molecular complexity index is 506. The van der Waals surface area contributed by atoms with Crippen molar-refractivity contribution in [3.05, 3.63) is 28.2 Å². The number of amides is 1. The van der Waals surface area contributed by atoms with E-state index in [2.05, 4.69) is 21.2 Å². The first-order valence-electron chi connectivity index (χ1n) is 6.43. The van der Waals surface area contributed by atoms with E-state index in [-0.39, 0.29) is 25.4 Å². The van der Waals surface area contributed by atoms with Crippen molar-refractivity contribution in [2.75, 3.05) is 13.7 Å². The number of hydrogen-bond donors (Lipinski definition) is 3. The molecule has 1 rings (SSSR count). The Balaban J connectivity index is 2.52. The molecule has 0 radical (unpaired) electrons. The summed E-state index contributed by atoms with van der Waals surface area (Å²) in [5.74, 6) is -0.801. The molecule has 1 aromatic carbocycles. The molecule has 0 bridgehead atoms. The van der Waals surface area contributed by atoms with E-state index >= 15 is 0 Å². The lowest BCUT2D eigenvalue weighted by molar-refractivity contribution is -0.142. The second-order valence-corrected chi connectivity index (χ2v) is 5.29. The minimum atomic E-state index is -1.15. The van der Waals surface area contributed by atoms with Crippen LogP contribution in [-0.2, 0) is 16.0 Å². The molecular formula is C14H18BrNO5. The van der Waals surface area contributed by atoms with Crippen molar-refractivity contribution < 1.29 is 24.5 Å². The zero-order chi connectivity index (χ0) is 15.8. The number of methoxy groups -OCH3 is 1. The summed E-state index contributed by atoms with van der Waals surface area (Å²) < 4.78 is 5.91. The summed E-state index contributed by atoms with van der Waals surface area (Å²) in [6.07, 6.45) is 0.656. The Kier molecular flexibility index (Phi) is 7.18. The van der Waals surface area contributed by atoms with Crippen molar-refractivity contribution in [1.82, 2.24) is 5.32 Å². The number of rotatable bonds is 8. The number of carbonyl (C=O) groups excluding carboxylic acids is 1. The van der Waals surface area contributed by atoms with Crippen LogP contribution in [0, 0.1) is 0 Å². The molecule has 7 heteroatoms. The first kappa shape index (κ1) is 17.5. The molecule has 116 valence electrons. The van der Waals surface area contributed by atoms with Crippen LogP contribution >= 0.6 is 15.9 Å². The fourth-order valence-electron chi connectivity index (χ4n) is 1.78. The SMILES string of the molecule is COc1ccc(CCC(=O)N[C@@H](CCO)C(=O)O)cc1Br. The van der Waals surface area contributed by atoms with Crippen LogP contribution < -0.4 is 10.1 Å². The van der Waals surface area contributed by atoms with Crippen LogP contribution in [0.15, 0.2) is 22.7 Å². The number of aliphatic hydroxyl groups excluding tert-OH is 1. The van der Waals surface area contributed by atoms with Crippen molar-refractivity contribution >= 4 is 27.8 Å². The number of benzene rings is 1. The average molecular weight is 360 g/mol. The Labute approximate surface area is 131 Å². The van der Waals surface area contributed by atoms with Crippen LogP contribution in [-0.4, -0.2) is 41.8 Å². The molecule has 6 nitrogen and oxygen atoms in total. The molecule has 1 atom stereocenters. The van der Waals surface area contributed by atoms with E-state index in [9.17, 15) is 9.59 Å². The molecule has 0 aliphatic rings. The number of halogens is 1. The average Bonchev–Trinajstić information content (AvgIpc) is 2.44. The maximum absolute atomic E-state index is 11.7. The third-order valence-electron chi connectivity index (χ3n) is 2.91. The second-order valence-electron chi connectivity index (χ2n) is 4.44. The lowest BCUT2D eigenvalue weighted by Gasteiger charge is -2.13. The molecule has 0 heterocycles. The summed E-state index contributed by atoms with van der Waals surface area (Å²) in [5.41, 5.74) is 0.937. The third kappa shape index (κ3) is 5.73. The van der Waals surface area contributed by atoms with Gasteiger partial charge in [0, 0.05) is 19.4 Å². The van der Waals surface area contributed by atoms with Crippen molar-refractivity contribution in [2.45, 2.75) is 25.3 Å². The van der Waals surface area contributed by atoms with E-state index in [1.54, 1.807) is 13.2 Å². The topological polar surface area (TPSA) is 95.9 Å². The Morgan fingerprint density at radius 3 is 2.67 bits per heavy atom. The molecule has 3 N–H and O–H groups in total. The highest BCUT2D eigenvalue weighted by Gasteiger charge is 2.18. The summed E-state index contributed by atoms with van der Waals surface area (Å²) in [4.78, 5) is 22.6. The molecule has 0 unspecified atom stereocenters. The largest absolute Gasteiger partial charge is 0.496 e. The summed E-state index contributed by atoms with van der Waals surface area (Å²) in [7, 11) is 1.57. The van der Waals surface area contributed by atoms with Crippen LogP contribution in [0.1, 0.15) is 18.4 Å². The van der Waals surface area contributed by atoms with E-state index in [1.807, 2.05) is 12.1 Å². The van der Waals surface area contributed by atoms with E-state index in [0.717, 1.165) is 10.0 Å². The van der Waals surface area contributed by atoms with Crippen LogP contribution in [0.25, 0.3) is 0 Å². The highest BCUT2D eigenvalue weighted by molar-refractivity contribution is 9.10. The molecule has 0 aromatic heterocycles. The van der Waals surface area contributed by atoms with Crippen molar-refractivity contribution in [3.63, 3.8) is 0 Å². The first-order valence-corrected chi connectivity index (χ1v) is 7.22. The fraction of sp³-hybridized carbons (Fsp3) is 0.429. The molecule has 0 aliphatic carbocycles. The first-order chi connectivity index (χ1) is 9.97. The van der Waals surface area contributed by atoms with Gasteiger partial charge < -0.3 is 20.3 Å². The van der Waals surface area contributed by atoms with Gasteiger partial charge in [-0.1, -0.05) is 6.07 Å². The van der Waals surface area contributed by atoms with Crippen molar-refractivity contribution in [3.8, 4) is 5.75 Å². The van der Waals surface area contributed by atoms with Crippen molar-refractivity contribution in [2.24, 2.45) is 0 Å². The number of aryl methyl sites for hydroxylation is 1. The molecule has 0 fully saturated rings. The van der Waals surface area contributed by atoms with Gasteiger partial charge in [0.15, 0.2) is 0 Å². The summed E-state index contributed by atoms with van der Waals surface area (Å²) in [6, 6.07) is 4.45. The quantitative estimate of drug-likeness (QED) is 0.650. The summed E-state index contributed by atoms with van der Waals surface area (Å²) in [5, 5.41) is 20.0. The van der Waals surface area contributed by atoms with Gasteiger partial charge in [0.25, 0.3) is 0 Å². The lowest BCUT2D eigenvalue weighted by atomic mass is 10.1. The van der Waals surface area contributed by atoms with Gasteiger partial charge >= 0.3 is 5.97 Å². The standard InChI is InChI=1S/C14H18BrNO5/c1-21-12-4-2-9(8-10(12)15)3-5-13(18)16-11(6-7-17)14(19)20/h2,4,8,11,17H,3,5-7H2,1H3,(H,16,18)(H,19,20)/t11-/m0/s1. The smallest absolute Gasteiger partial charge is 0.326 e. The fourth-order valence-corrected chi connectivity index (χ4v) is 2.36. The number of carboxylic acid groups (broad SMARTS) is 1. The van der Waals surface area contributed by atoms with Crippen LogP contribution in [0.5, 0.6) is 5.75 Å². The predicted molar refractivity (Wildman–Crippen MR) is 80.3 cm³/mol. The van der Waals surface area contributed by atoms with Gasteiger partial charge in [-0.2, -0.15) is 0 Å². The Morgan fingerprint density at radius 2 is 2.14 bits per heavy atom. The van der Waals surface area contributed by atoms with Gasteiger partial charge in [0.2, 0.25) is 5.91 Å². The van der Waals surface area contributed by atoms with Crippen LogP contribution in [0.4, 0.5) is 0 Å². The maximum atomic E-state index is 11.7. The van der Waals surface area contributed by atoms with E-state index in [1.165, 1.54) is 0 Å². The van der Waals surface area contributed by atoms with Gasteiger partial charge in [-0.25, -0.2) is 4.79 Å². The number of nitrogens with one attached hydrogen (secondary N) is 1. The number of aliphatic hydroxyl groups is 1. The number of ether oxygens (including phenoxy) is 1. The van der Waals surface area contributed by atoms with E-state index in [4.69, 9.17) is 14.9 Å². The molecular weight excluding hydrogens is 342 g/mol. The van der Waals surface area contributed by atoms with Gasteiger partial charge in [-0.3, -0.25) is 4.79 Å². The number of carboxylic acids is 1. The van der Waals surface area contributed by atoms with Gasteiger partial charge in [0.1, 0.15) is 11.8 Å². The number of aliphatic carboxylic acids is 1. The third-order valence-corrected chi connectivity index (χ3v) is 3.53. The maximum Gasteiger partial charge on any atom is 0.326 e. The number of hydrogen-bond acceptors (Lipinski definition) is 4. The zero-order valence-corrected chi connectivity index (χ0v) is 13.2. The van der Waals surface area contributed by atoms with Gasteiger partial charge in [0.05, 0.1) is 11.6 Å². The minimum absolute atomic E-state index is 0.00480. The second kappa shape index (κ2) is 8.63.